The van der Waals surface area contributed by atoms with E-state index in [1.807, 2.05) is 0 Å². The molecule has 1 aliphatic heterocycles. The summed E-state index contributed by atoms with van der Waals surface area (Å²) in [6.45, 7) is 8.14. The number of nitrogens with zero attached hydrogens (tertiary/aromatic N) is 3. The molecule has 0 radical (unpaired) electrons. The van der Waals surface area contributed by atoms with Crippen LogP contribution in [-0.2, 0) is 11.3 Å². The van der Waals surface area contributed by atoms with Gasteiger partial charge in [-0.05, 0) is 50.5 Å². The maximum Gasteiger partial charge on any atom is 0.359 e. The van der Waals surface area contributed by atoms with Crippen LogP contribution >= 0.6 is 0 Å². The molecule has 0 atom stereocenters. The molecule has 128 valence electrons. The second kappa shape index (κ2) is 8.93. The first-order valence-corrected chi connectivity index (χ1v) is 8.31. The van der Waals surface area contributed by atoms with Gasteiger partial charge >= 0.3 is 5.97 Å². The van der Waals surface area contributed by atoms with E-state index >= 15 is 0 Å². The van der Waals surface area contributed by atoms with Gasteiger partial charge in [0.25, 0.3) is 0 Å². The molecule has 2 rings (SSSR count). The van der Waals surface area contributed by atoms with Crippen LogP contribution in [0.15, 0.2) is 12.3 Å². The predicted octanol–water partition coefficient (Wildman–Crippen LogP) is 2.32. The van der Waals surface area contributed by atoms with Crippen LogP contribution in [0.5, 0.6) is 0 Å². The van der Waals surface area contributed by atoms with Gasteiger partial charge in [0, 0.05) is 25.8 Å². The number of hydrogen-bond acceptors (Lipinski definition) is 5. The summed E-state index contributed by atoms with van der Waals surface area (Å²) >= 11 is 0. The zero-order chi connectivity index (χ0) is 16.7. The first-order chi connectivity index (χ1) is 11.1. The van der Waals surface area contributed by atoms with Gasteiger partial charge in [-0.25, -0.2) is 14.2 Å². The third kappa shape index (κ3) is 5.25. The number of likely N-dealkylation sites (tertiary alicyclic amines) is 1. The van der Waals surface area contributed by atoms with Gasteiger partial charge in [-0.1, -0.05) is 6.92 Å². The molecule has 1 aromatic rings. The zero-order valence-corrected chi connectivity index (χ0v) is 14.1. The summed E-state index contributed by atoms with van der Waals surface area (Å²) < 4.78 is 18.5. The van der Waals surface area contributed by atoms with Gasteiger partial charge in [0.1, 0.15) is 0 Å². The van der Waals surface area contributed by atoms with Crippen LogP contribution < -0.4 is 0 Å². The number of aromatic nitrogens is 1. The molecule has 1 aromatic heterocycles. The highest BCUT2D eigenvalue weighted by atomic mass is 19.1. The zero-order valence-electron chi connectivity index (χ0n) is 14.1. The van der Waals surface area contributed by atoms with Crippen LogP contribution in [0.2, 0.25) is 0 Å². The number of carbonyl (C=O) groups excluding carboxylic acids is 1. The molecule has 2 heterocycles. The maximum absolute atomic E-state index is 14.0. The first-order valence-electron chi connectivity index (χ1n) is 8.31. The average Bonchev–Trinajstić information content (AvgIpc) is 3.06. The van der Waals surface area contributed by atoms with Crippen molar-refractivity contribution in [3.05, 3.63) is 29.3 Å². The Balaban J connectivity index is 1.95. The van der Waals surface area contributed by atoms with Gasteiger partial charge < -0.3 is 9.64 Å². The Labute approximate surface area is 137 Å². The van der Waals surface area contributed by atoms with Gasteiger partial charge in [0.15, 0.2) is 11.5 Å². The smallest absolute Gasteiger partial charge is 0.359 e. The molecular weight excluding hydrogens is 297 g/mol. The van der Waals surface area contributed by atoms with Crippen LogP contribution in [0, 0.1) is 5.82 Å². The summed E-state index contributed by atoms with van der Waals surface area (Å²) in [7, 11) is 1.22. The lowest BCUT2D eigenvalue weighted by Crippen LogP contribution is -2.34. The van der Waals surface area contributed by atoms with Gasteiger partial charge in [-0.3, -0.25) is 4.90 Å². The van der Waals surface area contributed by atoms with E-state index < -0.39 is 11.8 Å². The molecule has 1 aliphatic rings. The third-order valence-corrected chi connectivity index (χ3v) is 4.15. The van der Waals surface area contributed by atoms with Crippen LogP contribution in [-0.4, -0.2) is 60.6 Å². The Morgan fingerprint density at radius 2 is 2.13 bits per heavy atom. The molecule has 0 N–H and O–H groups in total. The van der Waals surface area contributed by atoms with Gasteiger partial charge in [0.2, 0.25) is 0 Å². The lowest BCUT2D eigenvalue weighted by molar-refractivity contribution is 0.0588. The highest BCUT2D eigenvalue weighted by molar-refractivity contribution is 5.87. The molecule has 0 bridgehead atoms. The van der Waals surface area contributed by atoms with Gasteiger partial charge in [0.05, 0.1) is 7.11 Å². The molecule has 6 heteroatoms. The molecule has 1 fully saturated rings. The minimum absolute atomic E-state index is 0.254. The third-order valence-electron chi connectivity index (χ3n) is 4.15. The maximum atomic E-state index is 14.0. The number of rotatable bonds is 8. The predicted molar refractivity (Wildman–Crippen MR) is 86.8 cm³/mol. The number of esters is 1. The van der Waals surface area contributed by atoms with E-state index in [0.29, 0.717) is 6.54 Å². The Morgan fingerprint density at radius 3 is 2.74 bits per heavy atom. The molecule has 0 aliphatic carbocycles. The summed E-state index contributed by atoms with van der Waals surface area (Å²) in [5.41, 5.74) is 0.528. The Bertz CT molecular complexity index is 519. The van der Waals surface area contributed by atoms with Crippen LogP contribution in [0.3, 0.4) is 0 Å². The topological polar surface area (TPSA) is 45.7 Å². The molecule has 0 saturated carbocycles. The second-order valence-electron chi connectivity index (χ2n) is 5.99. The van der Waals surface area contributed by atoms with E-state index in [1.165, 1.54) is 39.1 Å². The SMILES string of the molecule is CCCN(CCN1CCCC1)Cc1cnc(C(=O)OC)c(F)c1. The number of ether oxygens (including phenoxy) is 1. The normalized spacial score (nSPS) is 15.3. The summed E-state index contributed by atoms with van der Waals surface area (Å²) in [5.74, 6) is -1.36. The minimum Gasteiger partial charge on any atom is -0.464 e. The Kier molecular flexibility index (Phi) is 6.92. The number of carbonyl (C=O) groups is 1. The molecule has 0 spiro atoms. The van der Waals surface area contributed by atoms with E-state index in [-0.39, 0.29) is 5.69 Å². The number of halogens is 1. The van der Waals surface area contributed by atoms with Crippen LogP contribution in [0.4, 0.5) is 4.39 Å². The van der Waals surface area contributed by atoms with Crippen molar-refractivity contribution in [2.45, 2.75) is 32.7 Å². The van der Waals surface area contributed by atoms with Crippen molar-refractivity contribution in [3.8, 4) is 0 Å². The molecule has 23 heavy (non-hydrogen) atoms. The van der Waals surface area contributed by atoms with Gasteiger partial charge in [-0.15, -0.1) is 0 Å². The molecular formula is C17H26FN3O2. The summed E-state index contributed by atoms with van der Waals surface area (Å²) in [5, 5.41) is 0. The highest BCUT2D eigenvalue weighted by Gasteiger charge is 2.16. The Hall–Kier alpha value is -1.53. The first kappa shape index (κ1) is 17.8. The van der Waals surface area contributed by atoms with E-state index in [0.717, 1.165) is 31.6 Å². The summed E-state index contributed by atoms with van der Waals surface area (Å²) in [6.07, 6.45) is 5.19. The molecule has 1 saturated heterocycles. The fraction of sp³-hybridized carbons (Fsp3) is 0.647. The van der Waals surface area contributed by atoms with Crippen molar-refractivity contribution in [2.24, 2.45) is 0 Å². The van der Waals surface area contributed by atoms with E-state index in [1.54, 1.807) is 6.20 Å². The summed E-state index contributed by atoms with van der Waals surface area (Å²) in [4.78, 5) is 20.1. The van der Waals surface area contributed by atoms with Crippen molar-refractivity contribution in [1.82, 2.24) is 14.8 Å². The van der Waals surface area contributed by atoms with E-state index in [2.05, 4.69) is 26.4 Å². The minimum atomic E-state index is -0.742. The monoisotopic (exact) mass is 323 g/mol. The number of pyridine rings is 1. The second-order valence-corrected chi connectivity index (χ2v) is 5.99. The molecule has 0 amide bonds. The van der Waals surface area contributed by atoms with Crippen molar-refractivity contribution >= 4 is 5.97 Å². The fourth-order valence-corrected chi connectivity index (χ4v) is 2.94. The van der Waals surface area contributed by atoms with Crippen molar-refractivity contribution in [1.29, 1.82) is 0 Å². The van der Waals surface area contributed by atoms with E-state index in [9.17, 15) is 9.18 Å². The van der Waals surface area contributed by atoms with Crippen molar-refractivity contribution in [2.75, 3.05) is 39.8 Å². The lowest BCUT2D eigenvalue weighted by Gasteiger charge is -2.24. The van der Waals surface area contributed by atoms with E-state index in [4.69, 9.17) is 0 Å². The lowest BCUT2D eigenvalue weighted by atomic mass is 10.2. The standard InChI is InChI=1S/C17H26FN3O2/c1-3-6-21(10-9-20-7-4-5-8-20)13-14-11-15(18)16(19-12-14)17(22)23-2/h11-12H,3-10,13H2,1-2H3. The molecule has 0 unspecified atom stereocenters. The van der Waals surface area contributed by atoms with Crippen molar-refractivity contribution in [3.63, 3.8) is 0 Å². The molecule has 5 nitrogen and oxygen atoms in total. The number of methoxy groups -OCH3 is 1. The highest BCUT2D eigenvalue weighted by Crippen LogP contribution is 2.12. The fourth-order valence-electron chi connectivity index (χ4n) is 2.94. The molecule has 0 aromatic carbocycles. The largest absolute Gasteiger partial charge is 0.464 e. The van der Waals surface area contributed by atoms with Crippen LogP contribution in [0.25, 0.3) is 0 Å². The van der Waals surface area contributed by atoms with Crippen LogP contribution in [0.1, 0.15) is 42.2 Å². The summed E-state index contributed by atoms with van der Waals surface area (Å²) in [6, 6.07) is 1.39. The Morgan fingerprint density at radius 1 is 1.39 bits per heavy atom. The quantitative estimate of drug-likeness (QED) is 0.687. The van der Waals surface area contributed by atoms with Crippen molar-refractivity contribution < 1.29 is 13.9 Å². The average molecular weight is 323 g/mol. The van der Waals surface area contributed by atoms with Gasteiger partial charge in [-0.2, -0.15) is 0 Å². The number of hydrogen-bond donors (Lipinski definition) is 0.